The summed E-state index contributed by atoms with van der Waals surface area (Å²) in [5.41, 5.74) is -3.16. The number of aliphatic hydroxyl groups is 3. The minimum absolute atomic E-state index is 0.0296. The summed E-state index contributed by atoms with van der Waals surface area (Å²) < 4.78 is 11.4. The molecule has 188 valence electrons. The molecule has 1 aromatic carbocycles. The fourth-order valence-electron chi connectivity index (χ4n) is 7.55. The normalized spacial score (nSPS) is 41.0. The SMILES string of the molecule is COc1ccc(C(=O)O[C@@]23C[C@@H](C)[C@@]4(O)[C@@H](C=C(CO)C[C@]5(O)C(=O)C(C)=C[C@@H]45)[C@@H]2C3(C)C)cc1. The predicted octanol–water partition coefficient (Wildman–Crippen LogP) is 2.83. The third kappa shape index (κ3) is 3.01. The van der Waals surface area contributed by atoms with Crippen LogP contribution in [0.25, 0.3) is 0 Å². The summed E-state index contributed by atoms with van der Waals surface area (Å²) >= 11 is 0. The second kappa shape index (κ2) is 7.51. The van der Waals surface area contributed by atoms with Crippen molar-refractivity contribution < 1.29 is 34.4 Å². The van der Waals surface area contributed by atoms with Crippen molar-refractivity contribution in [2.45, 2.75) is 57.3 Å². The first-order chi connectivity index (χ1) is 16.4. The van der Waals surface area contributed by atoms with Crippen LogP contribution in [0.3, 0.4) is 0 Å². The second-order valence-electron chi connectivity index (χ2n) is 11.5. The fraction of sp³-hybridized carbons (Fsp3) is 0.571. The van der Waals surface area contributed by atoms with Crippen molar-refractivity contribution in [2.24, 2.45) is 29.1 Å². The van der Waals surface area contributed by atoms with Crippen LogP contribution in [0.4, 0.5) is 0 Å². The molecule has 0 radical (unpaired) electrons. The van der Waals surface area contributed by atoms with E-state index in [0.29, 0.717) is 28.9 Å². The van der Waals surface area contributed by atoms with Crippen LogP contribution in [0.15, 0.2) is 47.6 Å². The standard InChI is InChI=1S/C28H34O7/c1-15-10-21-26(32,23(15)30)13-17(14-29)11-20-22-25(3,4)27(22,12-16(2)28(20,21)33)35-24(31)18-6-8-19(34-5)9-7-18/h6-11,16,20-22,29,32-33H,12-14H2,1-5H3/t16-,20+,21-,22-,26-,27+,28-/m1/s1. The highest BCUT2D eigenvalue weighted by Crippen LogP contribution is 2.76. The number of ketones is 1. The lowest BCUT2D eigenvalue weighted by Gasteiger charge is -2.50. The maximum absolute atomic E-state index is 13.2. The summed E-state index contributed by atoms with van der Waals surface area (Å²) in [5, 5.41) is 34.0. The molecule has 7 heteroatoms. The van der Waals surface area contributed by atoms with Gasteiger partial charge in [0.25, 0.3) is 0 Å². The first kappa shape index (κ1) is 24.2. The summed E-state index contributed by atoms with van der Waals surface area (Å²) in [6.07, 6.45) is 3.90. The first-order valence-electron chi connectivity index (χ1n) is 12.2. The van der Waals surface area contributed by atoms with Gasteiger partial charge in [-0.2, -0.15) is 0 Å². The number of hydrogen-bond acceptors (Lipinski definition) is 7. The van der Waals surface area contributed by atoms with Gasteiger partial charge >= 0.3 is 5.97 Å². The number of rotatable bonds is 4. The Morgan fingerprint density at radius 3 is 2.40 bits per heavy atom. The summed E-state index contributed by atoms with van der Waals surface area (Å²) in [6, 6.07) is 6.75. The number of esters is 1. The Morgan fingerprint density at radius 2 is 1.80 bits per heavy atom. The van der Waals surface area contributed by atoms with Gasteiger partial charge in [0, 0.05) is 29.6 Å². The van der Waals surface area contributed by atoms with Gasteiger partial charge in [-0.1, -0.05) is 32.9 Å². The number of aliphatic hydroxyl groups excluding tert-OH is 1. The number of benzene rings is 1. The van der Waals surface area contributed by atoms with Crippen LogP contribution < -0.4 is 4.74 Å². The van der Waals surface area contributed by atoms with E-state index in [1.54, 1.807) is 44.4 Å². The molecule has 0 aromatic heterocycles. The molecular formula is C28H34O7. The lowest BCUT2D eigenvalue weighted by atomic mass is 9.60. The van der Waals surface area contributed by atoms with E-state index in [-0.39, 0.29) is 18.9 Å². The number of hydrogen-bond donors (Lipinski definition) is 3. The van der Waals surface area contributed by atoms with Gasteiger partial charge in [0.15, 0.2) is 5.78 Å². The van der Waals surface area contributed by atoms with E-state index in [0.717, 1.165) is 0 Å². The molecule has 3 N–H and O–H groups in total. The van der Waals surface area contributed by atoms with E-state index in [1.165, 1.54) is 0 Å². The molecule has 5 rings (SSSR count). The molecule has 35 heavy (non-hydrogen) atoms. The number of fused-ring (bicyclic) bond motifs is 5. The Labute approximate surface area is 205 Å². The van der Waals surface area contributed by atoms with Crippen LogP contribution in [0.1, 0.15) is 50.9 Å². The molecule has 0 heterocycles. The summed E-state index contributed by atoms with van der Waals surface area (Å²) in [5.74, 6) is -2.16. The molecule has 0 amide bonds. The molecule has 1 aromatic rings. The van der Waals surface area contributed by atoms with Crippen LogP contribution in [-0.2, 0) is 9.53 Å². The molecule has 4 aliphatic carbocycles. The van der Waals surface area contributed by atoms with Crippen molar-refractivity contribution in [1.82, 2.24) is 0 Å². The maximum Gasteiger partial charge on any atom is 0.338 e. The van der Waals surface area contributed by atoms with Crippen molar-refractivity contribution in [3.05, 3.63) is 53.1 Å². The monoisotopic (exact) mass is 482 g/mol. The highest BCUT2D eigenvalue weighted by molar-refractivity contribution is 6.04. The molecule has 0 unspecified atom stereocenters. The number of Topliss-reactive ketones (excluding diaryl/α,β-unsaturated/α-hetero) is 1. The van der Waals surface area contributed by atoms with Gasteiger partial charge in [0.1, 0.15) is 17.0 Å². The third-order valence-electron chi connectivity index (χ3n) is 9.48. The number of ether oxygens (including phenoxy) is 2. The molecule has 0 spiro atoms. The van der Waals surface area contributed by atoms with Gasteiger partial charge in [0.05, 0.1) is 24.9 Å². The van der Waals surface area contributed by atoms with Gasteiger partial charge in [-0.3, -0.25) is 4.79 Å². The zero-order valence-electron chi connectivity index (χ0n) is 20.9. The van der Waals surface area contributed by atoms with Gasteiger partial charge in [-0.25, -0.2) is 4.79 Å². The Morgan fingerprint density at radius 1 is 1.14 bits per heavy atom. The summed E-state index contributed by atoms with van der Waals surface area (Å²) in [6.45, 7) is 7.29. The molecule has 0 bridgehead atoms. The van der Waals surface area contributed by atoms with E-state index >= 15 is 0 Å². The number of carbonyl (C=O) groups excluding carboxylic acids is 2. The van der Waals surface area contributed by atoms with Crippen LogP contribution >= 0.6 is 0 Å². The largest absolute Gasteiger partial charge is 0.497 e. The van der Waals surface area contributed by atoms with Crippen LogP contribution in [-0.4, -0.2) is 57.6 Å². The first-order valence-corrected chi connectivity index (χ1v) is 12.2. The lowest BCUT2D eigenvalue weighted by Crippen LogP contribution is -2.61. The molecule has 7 nitrogen and oxygen atoms in total. The van der Waals surface area contributed by atoms with Crippen molar-refractivity contribution in [1.29, 1.82) is 0 Å². The average Bonchev–Trinajstić information content (AvgIpc) is 3.23. The Bertz CT molecular complexity index is 1150. The second-order valence-corrected chi connectivity index (χ2v) is 11.5. The van der Waals surface area contributed by atoms with E-state index in [1.807, 2.05) is 26.8 Å². The minimum Gasteiger partial charge on any atom is -0.497 e. The predicted molar refractivity (Wildman–Crippen MR) is 128 cm³/mol. The van der Waals surface area contributed by atoms with Crippen molar-refractivity contribution in [3.8, 4) is 5.75 Å². The molecular weight excluding hydrogens is 448 g/mol. The molecule has 7 atom stereocenters. The van der Waals surface area contributed by atoms with Crippen LogP contribution in [0.5, 0.6) is 5.75 Å². The summed E-state index contributed by atoms with van der Waals surface area (Å²) in [4.78, 5) is 26.2. The van der Waals surface area contributed by atoms with E-state index in [9.17, 15) is 24.9 Å². The van der Waals surface area contributed by atoms with Gasteiger partial charge in [0.2, 0.25) is 0 Å². The molecule has 2 saturated carbocycles. The van der Waals surface area contributed by atoms with Gasteiger partial charge in [-0.15, -0.1) is 0 Å². The maximum atomic E-state index is 13.2. The smallest absolute Gasteiger partial charge is 0.338 e. The molecule has 2 fully saturated rings. The van der Waals surface area contributed by atoms with Gasteiger partial charge < -0.3 is 24.8 Å². The van der Waals surface area contributed by atoms with Crippen LogP contribution in [0.2, 0.25) is 0 Å². The summed E-state index contributed by atoms with van der Waals surface area (Å²) in [7, 11) is 1.56. The number of methoxy groups -OCH3 is 1. The highest BCUT2D eigenvalue weighted by atomic mass is 16.6. The van der Waals surface area contributed by atoms with E-state index in [4.69, 9.17) is 9.47 Å². The average molecular weight is 483 g/mol. The zero-order valence-corrected chi connectivity index (χ0v) is 20.9. The molecule has 0 saturated heterocycles. The zero-order chi connectivity index (χ0) is 25.6. The third-order valence-corrected chi connectivity index (χ3v) is 9.48. The number of carbonyl (C=O) groups is 2. The van der Waals surface area contributed by atoms with Crippen LogP contribution in [0, 0.1) is 29.1 Å². The quantitative estimate of drug-likeness (QED) is 0.447. The fourth-order valence-corrected chi connectivity index (χ4v) is 7.55. The Kier molecular flexibility index (Phi) is 5.20. The molecule has 0 aliphatic heterocycles. The van der Waals surface area contributed by atoms with Crippen molar-refractivity contribution >= 4 is 11.8 Å². The molecule has 4 aliphatic rings. The van der Waals surface area contributed by atoms with Gasteiger partial charge in [-0.05, 0) is 54.7 Å². The van der Waals surface area contributed by atoms with E-state index in [2.05, 4.69) is 0 Å². The highest BCUT2D eigenvalue weighted by Gasteiger charge is 2.83. The topological polar surface area (TPSA) is 113 Å². The minimum atomic E-state index is -1.80. The van der Waals surface area contributed by atoms with Crippen molar-refractivity contribution in [2.75, 3.05) is 13.7 Å². The Balaban J connectivity index is 1.56. The Hall–Kier alpha value is -2.48. The van der Waals surface area contributed by atoms with E-state index < -0.39 is 51.7 Å². The lowest BCUT2D eigenvalue weighted by molar-refractivity contribution is -0.177. The van der Waals surface area contributed by atoms with Crippen molar-refractivity contribution in [3.63, 3.8) is 0 Å².